The minimum atomic E-state index is 0.457. The Hall–Kier alpha value is -1.02. The molecule has 2 N–H and O–H groups in total. The van der Waals surface area contributed by atoms with E-state index in [4.69, 9.17) is 5.73 Å². The van der Waals surface area contributed by atoms with E-state index >= 15 is 0 Å². The number of nitrogens with two attached hydrogens (primary N) is 1. The van der Waals surface area contributed by atoms with Crippen LogP contribution in [0.4, 0.5) is 5.69 Å². The van der Waals surface area contributed by atoms with Gasteiger partial charge in [-0.15, -0.1) is 0 Å². The van der Waals surface area contributed by atoms with E-state index in [2.05, 4.69) is 56.0 Å². The van der Waals surface area contributed by atoms with Crippen molar-refractivity contribution in [2.45, 2.75) is 46.1 Å². The highest BCUT2D eigenvalue weighted by molar-refractivity contribution is 5.47. The van der Waals surface area contributed by atoms with Crippen LogP contribution in [0.15, 0.2) is 30.3 Å². The van der Waals surface area contributed by atoms with Crippen LogP contribution in [0.2, 0.25) is 0 Å². The molecule has 0 heterocycles. The number of anilines is 1. The molecule has 2 heteroatoms. The number of hydrogen-bond donors (Lipinski definition) is 1. The summed E-state index contributed by atoms with van der Waals surface area (Å²) in [5.74, 6) is 0.686. The summed E-state index contributed by atoms with van der Waals surface area (Å²) in [4.78, 5) is 2.49. The Labute approximate surface area is 112 Å². The van der Waals surface area contributed by atoms with E-state index < -0.39 is 0 Å². The third-order valence-electron chi connectivity index (χ3n) is 3.30. The Morgan fingerprint density at radius 3 is 2.33 bits per heavy atom. The quantitative estimate of drug-likeness (QED) is 0.760. The van der Waals surface area contributed by atoms with Crippen molar-refractivity contribution < 1.29 is 0 Å². The second-order valence-electron chi connectivity index (χ2n) is 5.40. The van der Waals surface area contributed by atoms with Crippen molar-refractivity contribution in [3.05, 3.63) is 30.3 Å². The normalized spacial score (nSPS) is 12.7. The second kappa shape index (κ2) is 8.15. The fourth-order valence-electron chi connectivity index (χ4n) is 2.37. The summed E-state index contributed by atoms with van der Waals surface area (Å²) in [7, 11) is 0. The van der Waals surface area contributed by atoms with Crippen LogP contribution in [0.1, 0.15) is 40.0 Å². The molecule has 0 bridgehead atoms. The topological polar surface area (TPSA) is 29.3 Å². The first-order valence-corrected chi connectivity index (χ1v) is 7.20. The smallest absolute Gasteiger partial charge is 0.0414 e. The van der Waals surface area contributed by atoms with Crippen LogP contribution in [0, 0.1) is 5.92 Å². The molecule has 0 spiro atoms. The lowest BCUT2D eigenvalue weighted by Crippen LogP contribution is -2.42. The van der Waals surface area contributed by atoms with E-state index in [9.17, 15) is 0 Å². The van der Waals surface area contributed by atoms with Gasteiger partial charge in [-0.1, -0.05) is 45.4 Å². The molecule has 0 saturated carbocycles. The molecule has 1 rings (SSSR count). The van der Waals surface area contributed by atoms with Crippen molar-refractivity contribution >= 4 is 5.69 Å². The minimum absolute atomic E-state index is 0.457. The number of para-hydroxylation sites is 1. The lowest BCUT2D eigenvalue weighted by molar-refractivity contribution is 0.465. The molecule has 0 amide bonds. The van der Waals surface area contributed by atoms with Crippen LogP contribution in [0.3, 0.4) is 0 Å². The fraction of sp³-hybridized carbons (Fsp3) is 0.625. The fourth-order valence-corrected chi connectivity index (χ4v) is 2.37. The van der Waals surface area contributed by atoms with Gasteiger partial charge in [-0.25, -0.2) is 0 Å². The van der Waals surface area contributed by atoms with E-state index in [0.29, 0.717) is 12.0 Å². The zero-order valence-electron chi connectivity index (χ0n) is 12.1. The molecule has 0 aliphatic heterocycles. The SMILES string of the molecule is CCCCN(c1ccccc1)C(CN)CC(C)C. The lowest BCUT2D eigenvalue weighted by atomic mass is 10.0. The van der Waals surface area contributed by atoms with E-state index in [1.54, 1.807) is 0 Å². The Morgan fingerprint density at radius 1 is 1.17 bits per heavy atom. The largest absolute Gasteiger partial charge is 0.367 e. The van der Waals surface area contributed by atoms with Crippen LogP contribution in [0.5, 0.6) is 0 Å². The molecule has 18 heavy (non-hydrogen) atoms. The number of rotatable bonds is 8. The Kier molecular flexibility index (Phi) is 6.81. The van der Waals surface area contributed by atoms with E-state index in [1.807, 2.05) is 0 Å². The van der Waals surface area contributed by atoms with Gasteiger partial charge in [0.05, 0.1) is 0 Å². The summed E-state index contributed by atoms with van der Waals surface area (Å²) in [6, 6.07) is 11.1. The molecule has 0 radical (unpaired) electrons. The Balaban J connectivity index is 2.82. The van der Waals surface area contributed by atoms with Crippen LogP contribution in [-0.4, -0.2) is 19.1 Å². The molecule has 0 fully saturated rings. The van der Waals surface area contributed by atoms with Gasteiger partial charge >= 0.3 is 0 Å². The van der Waals surface area contributed by atoms with Crippen molar-refractivity contribution in [2.24, 2.45) is 11.7 Å². The molecule has 1 aromatic rings. The highest BCUT2D eigenvalue weighted by Gasteiger charge is 2.18. The molecule has 0 aromatic heterocycles. The molecule has 2 nitrogen and oxygen atoms in total. The summed E-state index contributed by atoms with van der Waals surface area (Å²) in [5.41, 5.74) is 7.30. The summed E-state index contributed by atoms with van der Waals surface area (Å²) in [5, 5.41) is 0. The maximum atomic E-state index is 5.99. The highest BCUT2D eigenvalue weighted by atomic mass is 15.2. The van der Waals surface area contributed by atoms with Crippen LogP contribution in [0.25, 0.3) is 0 Å². The van der Waals surface area contributed by atoms with Crippen LogP contribution < -0.4 is 10.6 Å². The predicted octanol–water partition coefficient (Wildman–Crippen LogP) is 3.67. The first-order valence-electron chi connectivity index (χ1n) is 7.20. The van der Waals surface area contributed by atoms with Gasteiger partial charge in [-0.3, -0.25) is 0 Å². The zero-order chi connectivity index (χ0) is 13.4. The average Bonchev–Trinajstić information content (AvgIpc) is 2.38. The molecule has 0 aliphatic carbocycles. The first-order chi connectivity index (χ1) is 8.69. The number of hydrogen-bond acceptors (Lipinski definition) is 2. The molecular weight excluding hydrogens is 220 g/mol. The number of benzene rings is 1. The van der Waals surface area contributed by atoms with Gasteiger partial charge < -0.3 is 10.6 Å². The van der Waals surface area contributed by atoms with E-state index in [0.717, 1.165) is 19.5 Å². The summed E-state index contributed by atoms with van der Waals surface area (Å²) in [6.07, 6.45) is 3.61. The van der Waals surface area contributed by atoms with Gasteiger partial charge in [-0.05, 0) is 30.9 Å². The molecule has 1 unspecified atom stereocenters. The van der Waals surface area contributed by atoms with Crippen molar-refractivity contribution in [1.82, 2.24) is 0 Å². The molecule has 102 valence electrons. The van der Waals surface area contributed by atoms with Crippen molar-refractivity contribution in [3.8, 4) is 0 Å². The Morgan fingerprint density at radius 2 is 1.83 bits per heavy atom. The molecule has 1 atom stereocenters. The second-order valence-corrected chi connectivity index (χ2v) is 5.40. The van der Waals surface area contributed by atoms with Crippen LogP contribution >= 0.6 is 0 Å². The Bertz CT molecular complexity index is 308. The first kappa shape index (κ1) is 15.0. The molecular formula is C16H28N2. The predicted molar refractivity (Wildman–Crippen MR) is 81.0 cm³/mol. The van der Waals surface area contributed by atoms with Crippen molar-refractivity contribution in [1.29, 1.82) is 0 Å². The molecule has 1 aromatic carbocycles. The van der Waals surface area contributed by atoms with Crippen molar-refractivity contribution in [2.75, 3.05) is 18.0 Å². The van der Waals surface area contributed by atoms with E-state index in [-0.39, 0.29) is 0 Å². The maximum Gasteiger partial charge on any atom is 0.0414 e. The lowest BCUT2D eigenvalue weighted by Gasteiger charge is -2.34. The molecule has 0 saturated heterocycles. The average molecular weight is 248 g/mol. The third-order valence-corrected chi connectivity index (χ3v) is 3.30. The van der Waals surface area contributed by atoms with Gasteiger partial charge in [0.2, 0.25) is 0 Å². The highest BCUT2D eigenvalue weighted by Crippen LogP contribution is 2.20. The zero-order valence-corrected chi connectivity index (χ0v) is 12.1. The summed E-state index contributed by atoms with van der Waals surface area (Å²) < 4.78 is 0. The standard InChI is InChI=1S/C16H28N2/c1-4-5-11-18(15-9-7-6-8-10-15)16(13-17)12-14(2)3/h6-10,14,16H,4-5,11-13,17H2,1-3H3. The van der Waals surface area contributed by atoms with Gasteiger partial charge in [0, 0.05) is 24.8 Å². The van der Waals surface area contributed by atoms with Crippen LogP contribution in [-0.2, 0) is 0 Å². The van der Waals surface area contributed by atoms with Gasteiger partial charge in [-0.2, -0.15) is 0 Å². The van der Waals surface area contributed by atoms with Gasteiger partial charge in [0.15, 0.2) is 0 Å². The van der Waals surface area contributed by atoms with Gasteiger partial charge in [0.1, 0.15) is 0 Å². The number of unbranched alkanes of at least 4 members (excludes halogenated alkanes) is 1. The molecule has 0 aliphatic rings. The number of nitrogens with zero attached hydrogens (tertiary/aromatic N) is 1. The summed E-state index contributed by atoms with van der Waals surface area (Å²) in [6.45, 7) is 8.62. The monoisotopic (exact) mass is 248 g/mol. The van der Waals surface area contributed by atoms with Gasteiger partial charge in [0.25, 0.3) is 0 Å². The maximum absolute atomic E-state index is 5.99. The van der Waals surface area contributed by atoms with Crippen molar-refractivity contribution in [3.63, 3.8) is 0 Å². The third kappa shape index (κ3) is 4.69. The van der Waals surface area contributed by atoms with E-state index in [1.165, 1.54) is 18.5 Å². The summed E-state index contributed by atoms with van der Waals surface area (Å²) >= 11 is 0. The minimum Gasteiger partial charge on any atom is -0.367 e.